The second-order valence-electron chi connectivity index (χ2n) is 8.56. The van der Waals surface area contributed by atoms with Crippen LogP contribution in [0.25, 0.3) is 11.3 Å². The van der Waals surface area contributed by atoms with Crippen LogP contribution in [0.2, 0.25) is 0 Å². The Morgan fingerprint density at radius 3 is 2.31 bits per heavy atom. The summed E-state index contributed by atoms with van der Waals surface area (Å²) in [5.74, 6) is 0. The molecule has 0 N–H and O–H groups in total. The van der Waals surface area contributed by atoms with E-state index in [2.05, 4.69) is 94.9 Å². The van der Waals surface area contributed by atoms with Gasteiger partial charge in [-0.3, -0.25) is 4.98 Å². The Bertz CT molecular complexity index is 1010. The van der Waals surface area contributed by atoms with E-state index in [0.29, 0.717) is 0 Å². The van der Waals surface area contributed by atoms with Gasteiger partial charge in [0.05, 0.1) is 5.69 Å². The summed E-state index contributed by atoms with van der Waals surface area (Å²) in [4.78, 5) is 4.80. The van der Waals surface area contributed by atoms with Gasteiger partial charge in [0.25, 0.3) is 0 Å². The summed E-state index contributed by atoms with van der Waals surface area (Å²) < 4.78 is 2.20. The van der Waals surface area contributed by atoms with Crippen LogP contribution in [0.1, 0.15) is 55.6 Å². The fourth-order valence-corrected chi connectivity index (χ4v) is 4.50. The number of fused-ring (bicyclic) bond motifs is 2. The number of hydrogen-bond acceptors (Lipinski definition) is 1. The van der Waals surface area contributed by atoms with E-state index >= 15 is 0 Å². The fourth-order valence-electron chi connectivity index (χ4n) is 4.50. The van der Waals surface area contributed by atoms with Crippen molar-refractivity contribution in [1.82, 2.24) is 4.98 Å². The van der Waals surface area contributed by atoms with Gasteiger partial charge >= 0.3 is 0 Å². The SMILES string of the molecule is Cc1cc2c(cc1-c1cccc[n+]1C)C(C)(C)c1ncccc1C2(C)C. The van der Waals surface area contributed by atoms with Crippen LogP contribution in [0, 0.1) is 6.92 Å². The van der Waals surface area contributed by atoms with Crippen LogP contribution in [0.3, 0.4) is 0 Å². The third kappa shape index (κ3) is 2.25. The Morgan fingerprint density at radius 1 is 0.846 bits per heavy atom. The average molecular weight is 343 g/mol. The number of aromatic nitrogens is 2. The maximum Gasteiger partial charge on any atom is 0.212 e. The number of nitrogens with zero attached hydrogens (tertiary/aromatic N) is 2. The van der Waals surface area contributed by atoms with Crippen molar-refractivity contribution in [3.63, 3.8) is 0 Å². The van der Waals surface area contributed by atoms with Gasteiger partial charge in [-0.05, 0) is 47.4 Å². The minimum atomic E-state index is -0.114. The van der Waals surface area contributed by atoms with Crippen LogP contribution < -0.4 is 4.57 Å². The van der Waals surface area contributed by atoms with Gasteiger partial charge in [0.1, 0.15) is 7.05 Å². The molecule has 0 saturated heterocycles. The highest BCUT2D eigenvalue weighted by Crippen LogP contribution is 2.49. The van der Waals surface area contributed by atoms with Crippen LogP contribution >= 0.6 is 0 Å². The number of benzene rings is 1. The highest BCUT2D eigenvalue weighted by atomic mass is 14.9. The van der Waals surface area contributed by atoms with E-state index in [4.69, 9.17) is 4.98 Å². The molecule has 0 saturated carbocycles. The van der Waals surface area contributed by atoms with Crippen molar-refractivity contribution in [3.05, 3.63) is 82.8 Å². The Kier molecular flexibility index (Phi) is 3.59. The molecule has 2 nitrogen and oxygen atoms in total. The van der Waals surface area contributed by atoms with Crippen molar-refractivity contribution < 1.29 is 4.57 Å². The first kappa shape index (κ1) is 17.0. The lowest BCUT2D eigenvalue weighted by Gasteiger charge is -2.43. The number of pyridine rings is 2. The standard InChI is InChI=1S/C24H27N2/c1-16-14-19-20(15-17(16)21-11-7-8-13-26(21)6)24(4,5)22-18(23(19,2)3)10-9-12-25-22/h7-15H,1-6H3/q+1. The lowest BCUT2D eigenvalue weighted by Crippen LogP contribution is -2.38. The van der Waals surface area contributed by atoms with E-state index in [9.17, 15) is 0 Å². The summed E-state index contributed by atoms with van der Waals surface area (Å²) in [6.45, 7) is 11.5. The zero-order valence-electron chi connectivity index (χ0n) is 16.6. The third-order valence-corrected chi connectivity index (χ3v) is 6.12. The summed E-state index contributed by atoms with van der Waals surface area (Å²) in [5.41, 5.74) is 9.05. The Balaban J connectivity index is 2.04. The number of hydrogen-bond donors (Lipinski definition) is 0. The molecule has 0 spiro atoms. The van der Waals surface area contributed by atoms with Gasteiger partial charge in [0.2, 0.25) is 5.69 Å². The van der Waals surface area contributed by atoms with E-state index < -0.39 is 0 Å². The zero-order chi connectivity index (χ0) is 18.7. The van der Waals surface area contributed by atoms with Crippen molar-refractivity contribution in [2.75, 3.05) is 0 Å². The predicted molar refractivity (Wildman–Crippen MR) is 106 cm³/mol. The minimum absolute atomic E-state index is 0.0450. The second kappa shape index (κ2) is 5.51. The number of rotatable bonds is 1. The lowest BCUT2D eigenvalue weighted by atomic mass is 9.61. The van der Waals surface area contributed by atoms with Gasteiger partial charge in [-0.1, -0.05) is 39.8 Å². The Morgan fingerprint density at radius 2 is 1.58 bits per heavy atom. The molecule has 2 heteroatoms. The quantitative estimate of drug-likeness (QED) is 0.577. The van der Waals surface area contributed by atoms with Crippen molar-refractivity contribution in [2.24, 2.45) is 7.05 Å². The van der Waals surface area contributed by atoms with Gasteiger partial charge in [-0.25, -0.2) is 4.57 Å². The summed E-state index contributed by atoms with van der Waals surface area (Å²) in [6.07, 6.45) is 4.04. The second-order valence-corrected chi connectivity index (χ2v) is 8.56. The highest BCUT2D eigenvalue weighted by molar-refractivity contribution is 5.68. The first-order valence-corrected chi connectivity index (χ1v) is 9.31. The summed E-state index contributed by atoms with van der Waals surface area (Å²) >= 11 is 0. The predicted octanol–water partition coefficient (Wildman–Crippen LogP) is 4.85. The summed E-state index contributed by atoms with van der Waals surface area (Å²) in [6, 6.07) is 15.5. The minimum Gasteiger partial charge on any atom is -0.260 e. The number of aryl methyl sites for hydroxylation is 2. The molecule has 2 aromatic heterocycles. The zero-order valence-corrected chi connectivity index (χ0v) is 16.6. The molecular weight excluding hydrogens is 316 g/mol. The summed E-state index contributed by atoms with van der Waals surface area (Å²) in [5, 5.41) is 0. The van der Waals surface area contributed by atoms with Crippen LogP contribution in [0.15, 0.2) is 54.9 Å². The Hall–Kier alpha value is -2.48. The lowest BCUT2D eigenvalue weighted by molar-refractivity contribution is -0.660. The van der Waals surface area contributed by atoms with Crippen LogP contribution in [0.5, 0.6) is 0 Å². The van der Waals surface area contributed by atoms with Crippen LogP contribution in [-0.2, 0) is 17.9 Å². The van der Waals surface area contributed by atoms with E-state index in [1.807, 2.05) is 6.20 Å². The van der Waals surface area contributed by atoms with Gasteiger partial charge in [-0.15, -0.1) is 0 Å². The highest BCUT2D eigenvalue weighted by Gasteiger charge is 2.43. The van der Waals surface area contributed by atoms with Gasteiger partial charge < -0.3 is 0 Å². The van der Waals surface area contributed by atoms with Gasteiger partial charge in [0.15, 0.2) is 6.20 Å². The summed E-state index contributed by atoms with van der Waals surface area (Å²) in [7, 11) is 2.11. The molecule has 1 aromatic carbocycles. The monoisotopic (exact) mass is 343 g/mol. The molecule has 1 aliphatic rings. The molecule has 0 fully saturated rings. The third-order valence-electron chi connectivity index (χ3n) is 6.12. The molecule has 0 unspecified atom stereocenters. The molecule has 0 atom stereocenters. The van der Waals surface area contributed by atoms with Gasteiger partial charge in [-0.2, -0.15) is 0 Å². The largest absolute Gasteiger partial charge is 0.260 e. The molecule has 0 aliphatic heterocycles. The first-order chi connectivity index (χ1) is 12.2. The fraction of sp³-hybridized carbons (Fsp3) is 0.333. The molecular formula is C24H27N2+. The van der Waals surface area contributed by atoms with Crippen molar-refractivity contribution in [2.45, 2.75) is 45.4 Å². The maximum atomic E-state index is 4.80. The first-order valence-electron chi connectivity index (χ1n) is 9.31. The molecule has 0 bridgehead atoms. The van der Waals surface area contributed by atoms with Gasteiger partial charge in [0, 0.05) is 34.7 Å². The van der Waals surface area contributed by atoms with Crippen LogP contribution in [0.4, 0.5) is 0 Å². The molecule has 0 radical (unpaired) electrons. The van der Waals surface area contributed by atoms with E-state index in [1.165, 1.54) is 39.2 Å². The topological polar surface area (TPSA) is 16.8 Å². The molecule has 1 aliphatic carbocycles. The molecule has 3 aromatic rings. The van der Waals surface area contributed by atoms with Crippen LogP contribution in [-0.4, -0.2) is 4.98 Å². The van der Waals surface area contributed by atoms with Crippen molar-refractivity contribution in [3.8, 4) is 11.3 Å². The molecule has 26 heavy (non-hydrogen) atoms. The Labute approximate surface area is 156 Å². The molecule has 2 heterocycles. The van der Waals surface area contributed by atoms with Crippen molar-refractivity contribution in [1.29, 1.82) is 0 Å². The van der Waals surface area contributed by atoms with E-state index in [1.54, 1.807) is 0 Å². The van der Waals surface area contributed by atoms with E-state index in [-0.39, 0.29) is 10.8 Å². The normalized spacial score (nSPS) is 16.7. The average Bonchev–Trinajstić information content (AvgIpc) is 2.61. The van der Waals surface area contributed by atoms with Crippen molar-refractivity contribution >= 4 is 0 Å². The molecule has 132 valence electrons. The molecule has 4 rings (SSSR count). The molecule has 0 amide bonds. The van der Waals surface area contributed by atoms with E-state index in [0.717, 1.165) is 0 Å². The smallest absolute Gasteiger partial charge is 0.212 e. The maximum absolute atomic E-state index is 4.80.